The molecule has 0 saturated heterocycles. The maximum absolute atomic E-state index is 11.5. The van der Waals surface area contributed by atoms with E-state index in [9.17, 15) is 9.90 Å². The summed E-state index contributed by atoms with van der Waals surface area (Å²) < 4.78 is 0. The van der Waals surface area contributed by atoms with Crippen molar-refractivity contribution in [3.05, 3.63) is 0 Å². The summed E-state index contributed by atoms with van der Waals surface area (Å²) in [6.45, 7) is 4.17. The van der Waals surface area contributed by atoms with Crippen molar-refractivity contribution in [1.29, 1.82) is 0 Å². The lowest BCUT2D eigenvalue weighted by molar-refractivity contribution is -0.160. The number of carbonyl (C=O) groups excluding carboxylic acids is 1. The second-order valence-electron chi connectivity index (χ2n) is 4.54. The highest BCUT2D eigenvalue weighted by Gasteiger charge is 2.52. The van der Waals surface area contributed by atoms with Crippen molar-refractivity contribution in [2.75, 3.05) is 0 Å². The summed E-state index contributed by atoms with van der Waals surface area (Å²) in [5.74, 6) is 1.21. The Balaban J connectivity index is 2.32. The zero-order chi connectivity index (χ0) is 8.93. The van der Waals surface area contributed by atoms with E-state index in [1.54, 1.807) is 0 Å². The van der Waals surface area contributed by atoms with Crippen molar-refractivity contribution in [3.8, 4) is 0 Å². The minimum Gasteiger partial charge on any atom is -0.389 e. The fourth-order valence-electron chi connectivity index (χ4n) is 2.87. The van der Waals surface area contributed by atoms with Crippen molar-refractivity contribution >= 4 is 5.78 Å². The first kappa shape index (κ1) is 8.24. The Morgan fingerprint density at radius 1 is 1.50 bits per heavy atom. The van der Waals surface area contributed by atoms with Gasteiger partial charge in [0.1, 0.15) is 5.78 Å². The molecule has 0 aromatic rings. The van der Waals surface area contributed by atoms with E-state index in [1.807, 2.05) is 0 Å². The average molecular weight is 168 g/mol. The third-order valence-corrected chi connectivity index (χ3v) is 4.05. The molecule has 0 amide bonds. The standard InChI is InChI=1S/C10H16O2/c1-6-7(2)10(12)4-3-8(6)9(11)5-10/h6-8,12H,3-5H2,1-2H3/t6-,7-,8+,10-/m0/s1. The lowest BCUT2D eigenvalue weighted by atomic mass is 9.57. The third kappa shape index (κ3) is 0.875. The molecule has 68 valence electrons. The summed E-state index contributed by atoms with van der Waals surface area (Å²) in [6.07, 6.45) is 2.14. The van der Waals surface area contributed by atoms with Crippen LogP contribution in [0.25, 0.3) is 0 Å². The number of carbonyl (C=O) groups is 1. The quantitative estimate of drug-likeness (QED) is 0.593. The fourth-order valence-corrected chi connectivity index (χ4v) is 2.87. The minimum absolute atomic E-state index is 0.244. The molecule has 2 bridgehead atoms. The minimum atomic E-state index is -0.661. The Bertz CT molecular complexity index is 224. The van der Waals surface area contributed by atoms with Crippen molar-refractivity contribution < 1.29 is 9.90 Å². The van der Waals surface area contributed by atoms with E-state index in [2.05, 4.69) is 13.8 Å². The summed E-state index contributed by atoms with van der Waals surface area (Å²) >= 11 is 0. The highest BCUT2D eigenvalue weighted by Crippen LogP contribution is 2.49. The lowest BCUT2D eigenvalue weighted by Gasteiger charge is -2.50. The van der Waals surface area contributed by atoms with Gasteiger partial charge in [0.2, 0.25) is 0 Å². The molecule has 4 atom stereocenters. The van der Waals surface area contributed by atoms with Gasteiger partial charge in [0.05, 0.1) is 5.60 Å². The first-order valence-corrected chi connectivity index (χ1v) is 4.80. The highest BCUT2D eigenvalue weighted by molar-refractivity contribution is 5.84. The molecular weight excluding hydrogens is 152 g/mol. The normalized spacial score (nSPS) is 52.9. The largest absolute Gasteiger partial charge is 0.389 e. The summed E-state index contributed by atoms with van der Waals surface area (Å²) in [4.78, 5) is 11.5. The first-order chi connectivity index (χ1) is 5.54. The van der Waals surface area contributed by atoms with E-state index in [0.717, 1.165) is 12.8 Å². The Labute approximate surface area is 73.0 Å². The van der Waals surface area contributed by atoms with E-state index in [1.165, 1.54) is 0 Å². The topological polar surface area (TPSA) is 37.3 Å². The summed E-state index contributed by atoms with van der Waals surface area (Å²) in [5, 5.41) is 10.1. The van der Waals surface area contributed by atoms with Gasteiger partial charge in [-0.25, -0.2) is 0 Å². The van der Waals surface area contributed by atoms with Crippen LogP contribution in [0.3, 0.4) is 0 Å². The molecule has 12 heavy (non-hydrogen) atoms. The molecule has 3 fully saturated rings. The molecular formula is C10H16O2. The summed E-state index contributed by atoms with van der Waals surface area (Å²) in [5.41, 5.74) is -0.661. The zero-order valence-corrected chi connectivity index (χ0v) is 7.71. The molecule has 0 aliphatic heterocycles. The van der Waals surface area contributed by atoms with Crippen LogP contribution in [-0.4, -0.2) is 16.5 Å². The van der Waals surface area contributed by atoms with E-state index in [4.69, 9.17) is 0 Å². The SMILES string of the molecule is C[C@@H]1[C@H]2CC[C@](O)(CC2=O)[C@H]1C. The first-order valence-electron chi connectivity index (χ1n) is 4.80. The number of hydrogen-bond acceptors (Lipinski definition) is 2. The molecule has 0 unspecified atom stereocenters. The second kappa shape index (κ2) is 2.32. The van der Waals surface area contributed by atoms with Crippen molar-refractivity contribution in [2.45, 2.75) is 38.7 Å². The van der Waals surface area contributed by atoms with Gasteiger partial charge >= 0.3 is 0 Å². The Kier molecular flexibility index (Phi) is 1.59. The summed E-state index contributed by atoms with van der Waals surface area (Å²) in [7, 11) is 0. The van der Waals surface area contributed by atoms with E-state index >= 15 is 0 Å². The van der Waals surface area contributed by atoms with Crippen LogP contribution in [0.1, 0.15) is 33.1 Å². The molecule has 3 aliphatic carbocycles. The number of Topliss-reactive ketones (excluding diaryl/α,β-unsaturated/α-hetero) is 1. The average Bonchev–Trinajstić information content (AvgIpc) is 1.99. The van der Waals surface area contributed by atoms with Crippen molar-refractivity contribution in [2.24, 2.45) is 17.8 Å². The van der Waals surface area contributed by atoms with Crippen LogP contribution in [0, 0.1) is 17.8 Å². The predicted molar refractivity (Wildman–Crippen MR) is 45.6 cm³/mol. The summed E-state index contributed by atoms with van der Waals surface area (Å²) in [6, 6.07) is 0. The monoisotopic (exact) mass is 168 g/mol. The molecule has 2 heteroatoms. The number of aliphatic hydroxyl groups is 1. The fraction of sp³-hybridized carbons (Fsp3) is 0.900. The molecule has 0 aromatic heterocycles. The maximum atomic E-state index is 11.5. The van der Waals surface area contributed by atoms with Gasteiger partial charge < -0.3 is 5.11 Å². The Hall–Kier alpha value is -0.370. The molecule has 0 spiro atoms. The Morgan fingerprint density at radius 2 is 2.17 bits per heavy atom. The van der Waals surface area contributed by atoms with Crippen LogP contribution in [-0.2, 0) is 4.79 Å². The van der Waals surface area contributed by atoms with Gasteiger partial charge in [-0.15, -0.1) is 0 Å². The van der Waals surface area contributed by atoms with E-state index in [-0.39, 0.29) is 11.7 Å². The van der Waals surface area contributed by atoms with Gasteiger partial charge in [-0.2, -0.15) is 0 Å². The Morgan fingerprint density at radius 3 is 2.67 bits per heavy atom. The molecule has 0 aromatic carbocycles. The second-order valence-corrected chi connectivity index (χ2v) is 4.54. The maximum Gasteiger partial charge on any atom is 0.139 e. The third-order valence-electron chi connectivity index (χ3n) is 4.05. The smallest absolute Gasteiger partial charge is 0.139 e. The van der Waals surface area contributed by atoms with Crippen LogP contribution in [0.4, 0.5) is 0 Å². The number of ketones is 1. The van der Waals surface area contributed by atoms with Crippen LogP contribution < -0.4 is 0 Å². The van der Waals surface area contributed by atoms with E-state index < -0.39 is 5.60 Å². The molecule has 0 heterocycles. The lowest BCUT2D eigenvalue weighted by Crippen LogP contribution is -2.55. The number of rotatable bonds is 0. The van der Waals surface area contributed by atoms with Crippen LogP contribution >= 0.6 is 0 Å². The van der Waals surface area contributed by atoms with E-state index in [0.29, 0.717) is 18.3 Å². The van der Waals surface area contributed by atoms with Gasteiger partial charge in [-0.05, 0) is 24.7 Å². The zero-order valence-electron chi connectivity index (χ0n) is 7.71. The number of hydrogen-bond donors (Lipinski definition) is 1. The molecule has 0 radical (unpaired) electrons. The van der Waals surface area contributed by atoms with Crippen LogP contribution in [0.15, 0.2) is 0 Å². The highest BCUT2D eigenvalue weighted by atomic mass is 16.3. The van der Waals surface area contributed by atoms with Gasteiger partial charge in [0, 0.05) is 12.3 Å². The predicted octanol–water partition coefficient (Wildman–Crippen LogP) is 1.37. The molecule has 3 rings (SSSR count). The molecule has 2 nitrogen and oxygen atoms in total. The van der Waals surface area contributed by atoms with Gasteiger partial charge in [0.25, 0.3) is 0 Å². The molecule has 3 saturated carbocycles. The van der Waals surface area contributed by atoms with Gasteiger partial charge in [0.15, 0.2) is 0 Å². The van der Waals surface area contributed by atoms with Gasteiger partial charge in [-0.1, -0.05) is 13.8 Å². The van der Waals surface area contributed by atoms with Crippen molar-refractivity contribution in [3.63, 3.8) is 0 Å². The van der Waals surface area contributed by atoms with Gasteiger partial charge in [-0.3, -0.25) is 4.79 Å². The number of fused-ring (bicyclic) bond motifs is 3. The van der Waals surface area contributed by atoms with Crippen LogP contribution in [0.2, 0.25) is 0 Å². The van der Waals surface area contributed by atoms with Crippen molar-refractivity contribution in [1.82, 2.24) is 0 Å². The van der Waals surface area contributed by atoms with Crippen LogP contribution in [0.5, 0.6) is 0 Å². The molecule has 1 N–H and O–H groups in total. The molecule has 3 aliphatic rings.